The number of hydrogen-bond acceptors (Lipinski definition) is 4. The molecule has 0 saturated carbocycles. The second-order valence-electron chi connectivity index (χ2n) is 6.08. The van der Waals surface area contributed by atoms with Crippen LogP contribution in [0.25, 0.3) is 5.70 Å². The van der Waals surface area contributed by atoms with Gasteiger partial charge < -0.3 is 10.4 Å². The van der Waals surface area contributed by atoms with E-state index in [1.165, 1.54) is 0 Å². The molecular weight excluding hydrogens is 478 g/mol. The molecule has 1 atom stereocenters. The molecule has 1 aromatic heterocycles. The number of phenolic OH excluding ortho intramolecular Hbond substituents is 1. The van der Waals surface area contributed by atoms with Crippen molar-refractivity contribution in [3.05, 3.63) is 95.0 Å². The number of fused-ring (bicyclic) bond motifs is 1. The standard InChI is InChI=1S/C19H13Br2N3O3/c20-12-6-10(7-13(21)16(12)25)11-8-14(9-4-2-1-3-5-9)22-17-15(11)18(26)24-19(27)23-17/h1-8,11,25H,(H3,22,23,24,26,27). The highest BCUT2D eigenvalue weighted by Gasteiger charge is 2.27. The van der Waals surface area contributed by atoms with Gasteiger partial charge in [0.15, 0.2) is 0 Å². The maximum atomic E-state index is 12.5. The number of nitrogens with one attached hydrogen (secondary N) is 3. The number of aromatic amines is 2. The third kappa shape index (κ3) is 3.26. The van der Waals surface area contributed by atoms with E-state index < -0.39 is 17.2 Å². The molecule has 6 nitrogen and oxygen atoms in total. The molecule has 0 fully saturated rings. The topological polar surface area (TPSA) is 98.0 Å². The molecule has 0 amide bonds. The van der Waals surface area contributed by atoms with Crippen molar-refractivity contribution < 1.29 is 5.11 Å². The molecule has 0 radical (unpaired) electrons. The second kappa shape index (κ2) is 6.86. The molecule has 2 heterocycles. The van der Waals surface area contributed by atoms with Crippen LogP contribution in [0, 0.1) is 0 Å². The molecule has 0 aliphatic carbocycles. The zero-order valence-corrected chi connectivity index (χ0v) is 16.9. The maximum absolute atomic E-state index is 12.5. The third-order valence-electron chi connectivity index (χ3n) is 4.37. The van der Waals surface area contributed by atoms with E-state index in [4.69, 9.17) is 0 Å². The van der Waals surface area contributed by atoms with Gasteiger partial charge in [-0.2, -0.15) is 0 Å². The lowest BCUT2D eigenvalue weighted by Gasteiger charge is -2.25. The van der Waals surface area contributed by atoms with E-state index >= 15 is 0 Å². The van der Waals surface area contributed by atoms with E-state index in [2.05, 4.69) is 47.1 Å². The van der Waals surface area contributed by atoms with Crippen LogP contribution in [0.15, 0.2) is 67.1 Å². The van der Waals surface area contributed by atoms with E-state index in [-0.39, 0.29) is 5.75 Å². The van der Waals surface area contributed by atoms with Crippen molar-refractivity contribution in [3.8, 4) is 5.75 Å². The summed E-state index contributed by atoms with van der Waals surface area (Å²) in [7, 11) is 0. The lowest BCUT2D eigenvalue weighted by Crippen LogP contribution is -2.31. The molecule has 136 valence electrons. The summed E-state index contributed by atoms with van der Waals surface area (Å²) in [6, 6.07) is 13.1. The summed E-state index contributed by atoms with van der Waals surface area (Å²) in [5, 5.41) is 13.2. The van der Waals surface area contributed by atoms with Crippen molar-refractivity contribution in [2.75, 3.05) is 5.32 Å². The van der Waals surface area contributed by atoms with Crippen molar-refractivity contribution in [3.63, 3.8) is 0 Å². The molecular formula is C19H13Br2N3O3. The van der Waals surface area contributed by atoms with Crippen molar-refractivity contribution in [1.29, 1.82) is 0 Å². The van der Waals surface area contributed by atoms with Crippen molar-refractivity contribution in [1.82, 2.24) is 9.97 Å². The van der Waals surface area contributed by atoms with Gasteiger partial charge in [-0.05, 0) is 61.2 Å². The molecule has 4 rings (SSSR count). The fraction of sp³-hybridized carbons (Fsp3) is 0.0526. The lowest BCUT2D eigenvalue weighted by molar-refractivity contribution is 0.468. The van der Waals surface area contributed by atoms with Gasteiger partial charge in [-0.15, -0.1) is 0 Å². The number of aromatic hydroxyl groups is 1. The van der Waals surface area contributed by atoms with Crippen LogP contribution in [0.5, 0.6) is 5.75 Å². The fourth-order valence-electron chi connectivity index (χ4n) is 3.13. The van der Waals surface area contributed by atoms with Gasteiger partial charge in [-0.25, -0.2) is 4.79 Å². The van der Waals surface area contributed by atoms with Gasteiger partial charge in [0.05, 0.1) is 14.5 Å². The Morgan fingerprint density at radius 3 is 2.30 bits per heavy atom. The smallest absolute Gasteiger partial charge is 0.327 e. The SMILES string of the molecule is O=c1[nH]c2c(c(=O)[nH]1)C(c1cc(Br)c(O)c(Br)c1)C=C(c1ccccc1)N2. The Bertz CT molecular complexity index is 1160. The molecule has 0 spiro atoms. The monoisotopic (exact) mass is 489 g/mol. The zero-order valence-electron chi connectivity index (χ0n) is 13.7. The van der Waals surface area contributed by atoms with Crippen molar-refractivity contribution >= 4 is 43.4 Å². The second-order valence-corrected chi connectivity index (χ2v) is 7.79. The first-order valence-electron chi connectivity index (χ1n) is 8.02. The Balaban J connectivity index is 1.97. The van der Waals surface area contributed by atoms with Gasteiger partial charge in [-0.3, -0.25) is 14.8 Å². The number of H-pyrrole nitrogens is 2. The third-order valence-corrected chi connectivity index (χ3v) is 5.58. The quantitative estimate of drug-likeness (QED) is 0.438. The number of halogens is 2. The van der Waals surface area contributed by atoms with E-state index in [1.54, 1.807) is 12.1 Å². The molecule has 2 aromatic carbocycles. The number of benzene rings is 2. The van der Waals surface area contributed by atoms with Crippen LogP contribution in [-0.4, -0.2) is 15.1 Å². The predicted octanol–water partition coefficient (Wildman–Crippen LogP) is 3.89. The van der Waals surface area contributed by atoms with Crippen LogP contribution in [-0.2, 0) is 0 Å². The molecule has 4 N–H and O–H groups in total. The Hall–Kier alpha value is -2.58. The number of hydrogen-bond donors (Lipinski definition) is 4. The average Bonchev–Trinajstić information content (AvgIpc) is 2.65. The summed E-state index contributed by atoms with van der Waals surface area (Å²) >= 11 is 6.67. The minimum Gasteiger partial charge on any atom is -0.506 e. The van der Waals surface area contributed by atoms with Crippen molar-refractivity contribution in [2.45, 2.75) is 5.92 Å². The molecule has 0 bridgehead atoms. The molecule has 1 unspecified atom stereocenters. The summed E-state index contributed by atoms with van der Waals surface area (Å²) in [6.07, 6.45) is 1.93. The van der Waals surface area contributed by atoms with Crippen molar-refractivity contribution in [2.24, 2.45) is 0 Å². The Morgan fingerprint density at radius 2 is 1.63 bits per heavy atom. The number of rotatable bonds is 2. The Morgan fingerprint density at radius 1 is 0.963 bits per heavy atom. The highest BCUT2D eigenvalue weighted by atomic mass is 79.9. The first-order valence-corrected chi connectivity index (χ1v) is 9.61. The molecule has 1 aliphatic heterocycles. The van der Waals surface area contributed by atoms with Gasteiger partial charge in [-0.1, -0.05) is 30.3 Å². The van der Waals surface area contributed by atoms with E-state index in [0.717, 1.165) is 16.8 Å². The molecule has 27 heavy (non-hydrogen) atoms. The largest absolute Gasteiger partial charge is 0.506 e. The van der Waals surface area contributed by atoms with Gasteiger partial charge in [0.25, 0.3) is 5.56 Å². The minimum atomic E-state index is -0.577. The Labute approximate surface area is 170 Å². The van der Waals surface area contributed by atoms with Crippen LogP contribution in [0.1, 0.15) is 22.6 Å². The number of aromatic nitrogens is 2. The van der Waals surface area contributed by atoms with Crippen LogP contribution in [0.3, 0.4) is 0 Å². The van der Waals surface area contributed by atoms with Gasteiger partial charge in [0.2, 0.25) is 0 Å². The van der Waals surface area contributed by atoms with E-state index in [9.17, 15) is 14.7 Å². The predicted molar refractivity (Wildman–Crippen MR) is 111 cm³/mol. The van der Waals surface area contributed by atoms with Gasteiger partial charge >= 0.3 is 5.69 Å². The Kier molecular flexibility index (Phi) is 4.53. The van der Waals surface area contributed by atoms with Gasteiger partial charge in [0.1, 0.15) is 11.6 Å². The average molecular weight is 491 g/mol. The van der Waals surface area contributed by atoms with E-state index in [1.807, 2.05) is 36.4 Å². The summed E-state index contributed by atoms with van der Waals surface area (Å²) < 4.78 is 1.00. The summed E-state index contributed by atoms with van der Waals surface area (Å²) in [5.41, 5.74) is 1.84. The first-order chi connectivity index (χ1) is 12.9. The van der Waals surface area contributed by atoms with E-state index in [0.29, 0.717) is 20.3 Å². The number of phenols is 1. The van der Waals surface area contributed by atoms with Gasteiger partial charge in [0, 0.05) is 11.6 Å². The molecule has 0 saturated heterocycles. The number of anilines is 1. The van der Waals surface area contributed by atoms with Crippen LogP contribution in [0.4, 0.5) is 5.82 Å². The lowest BCUT2D eigenvalue weighted by atomic mass is 9.88. The summed E-state index contributed by atoms with van der Waals surface area (Å²) in [5.74, 6) is 0.0104. The maximum Gasteiger partial charge on any atom is 0.327 e. The van der Waals surface area contributed by atoms with Crippen LogP contribution in [0.2, 0.25) is 0 Å². The normalized spacial score (nSPS) is 15.6. The number of allylic oxidation sites excluding steroid dienone is 1. The molecule has 3 aromatic rings. The zero-order chi connectivity index (χ0) is 19.1. The summed E-state index contributed by atoms with van der Waals surface area (Å²) in [4.78, 5) is 29.3. The summed E-state index contributed by atoms with van der Waals surface area (Å²) in [6.45, 7) is 0. The fourth-order valence-corrected chi connectivity index (χ4v) is 4.35. The van der Waals surface area contributed by atoms with Crippen LogP contribution >= 0.6 is 31.9 Å². The molecule has 1 aliphatic rings. The highest BCUT2D eigenvalue weighted by molar-refractivity contribution is 9.11. The highest BCUT2D eigenvalue weighted by Crippen LogP contribution is 2.41. The first kappa shape index (κ1) is 17.8. The molecule has 8 heteroatoms. The van der Waals surface area contributed by atoms with Crippen LogP contribution < -0.4 is 16.6 Å². The minimum absolute atomic E-state index is 0.0792.